The van der Waals surface area contributed by atoms with E-state index in [0.29, 0.717) is 12.8 Å². The molecule has 1 saturated heterocycles. The fourth-order valence-electron chi connectivity index (χ4n) is 2.18. The molecule has 0 aliphatic carbocycles. The van der Waals surface area contributed by atoms with Crippen molar-refractivity contribution in [1.82, 2.24) is 10.6 Å². The van der Waals surface area contributed by atoms with Crippen molar-refractivity contribution in [3.05, 3.63) is 0 Å². The SMILES string of the molecule is CC(C)C(CNC(=O)NC1CCCS(=O)(=O)C1)C(=O)O. The highest BCUT2D eigenvalue weighted by molar-refractivity contribution is 7.91. The number of carbonyl (C=O) groups excluding carboxylic acids is 1. The first-order valence-electron chi connectivity index (χ1n) is 6.69. The van der Waals surface area contributed by atoms with E-state index in [9.17, 15) is 18.0 Å². The second-order valence-electron chi connectivity index (χ2n) is 5.50. The van der Waals surface area contributed by atoms with Crippen molar-refractivity contribution in [1.29, 1.82) is 0 Å². The summed E-state index contributed by atoms with van der Waals surface area (Å²) in [6.45, 7) is 3.57. The highest BCUT2D eigenvalue weighted by Crippen LogP contribution is 2.12. The van der Waals surface area contributed by atoms with Gasteiger partial charge in [0.15, 0.2) is 9.84 Å². The standard InChI is InChI=1S/C12H22N2O5S/c1-8(2)10(11(15)16)6-13-12(17)14-9-4-3-5-20(18,19)7-9/h8-10H,3-7H2,1-2H3,(H,15,16)(H2,13,14,17). The fourth-order valence-corrected chi connectivity index (χ4v) is 3.82. The van der Waals surface area contributed by atoms with Crippen LogP contribution in [0.3, 0.4) is 0 Å². The van der Waals surface area contributed by atoms with E-state index in [1.54, 1.807) is 13.8 Å². The van der Waals surface area contributed by atoms with Gasteiger partial charge in [-0.3, -0.25) is 4.79 Å². The summed E-state index contributed by atoms with van der Waals surface area (Å²) < 4.78 is 22.9. The Kier molecular flexibility index (Phi) is 5.79. The summed E-state index contributed by atoms with van der Waals surface area (Å²) >= 11 is 0. The van der Waals surface area contributed by atoms with Crippen LogP contribution in [-0.4, -0.2) is 49.6 Å². The largest absolute Gasteiger partial charge is 0.481 e. The summed E-state index contributed by atoms with van der Waals surface area (Å²) in [5, 5.41) is 14.1. The number of nitrogens with one attached hydrogen (secondary N) is 2. The number of carboxylic acids is 1. The summed E-state index contributed by atoms with van der Waals surface area (Å²) in [7, 11) is -3.07. The van der Waals surface area contributed by atoms with Crippen LogP contribution >= 0.6 is 0 Å². The number of hydrogen-bond acceptors (Lipinski definition) is 4. The van der Waals surface area contributed by atoms with Crippen molar-refractivity contribution >= 4 is 21.8 Å². The zero-order valence-corrected chi connectivity index (χ0v) is 12.6. The molecule has 1 aliphatic rings. The van der Waals surface area contributed by atoms with E-state index in [4.69, 9.17) is 5.11 Å². The van der Waals surface area contributed by atoms with Crippen LogP contribution in [0.25, 0.3) is 0 Å². The lowest BCUT2D eigenvalue weighted by Crippen LogP contribution is -2.49. The maximum atomic E-state index is 11.7. The molecule has 1 fully saturated rings. The number of carbonyl (C=O) groups is 2. The minimum Gasteiger partial charge on any atom is -0.481 e. The van der Waals surface area contributed by atoms with Gasteiger partial charge in [0, 0.05) is 12.6 Å². The van der Waals surface area contributed by atoms with Gasteiger partial charge < -0.3 is 15.7 Å². The molecule has 1 heterocycles. The molecule has 3 N–H and O–H groups in total. The molecule has 1 aliphatic heterocycles. The van der Waals surface area contributed by atoms with Gasteiger partial charge in [-0.05, 0) is 18.8 Å². The maximum absolute atomic E-state index is 11.7. The van der Waals surface area contributed by atoms with Crippen molar-refractivity contribution in [2.24, 2.45) is 11.8 Å². The molecule has 2 unspecified atom stereocenters. The fraction of sp³-hybridized carbons (Fsp3) is 0.833. The molecular weight excluding hydrogens is 284 g/mol. The van der Waals surface area contributed by atoms with E-state index < -0.39 is 33.8 Å². The number of hydrogen-bond donors (Lipinski definition) is 3. The Morgan fingerprint density at radius 2 is 2.00 bits per heavy atom. The third-order valence-electron chi connectivity index (χ3n) is 3.40. The van der Waals surface area contributed by atoms with Gasteiger partial charge in [-0.15, -0.1) is 0 Å². The molecule has 0 saturated carbocycles. The number of urea groups is 1. The first-order chi connectivity index (χ1) is 9.21. The van der Waals surface area contributed by atoms with E-state index in [0.717, 1.165) is 0 Å². The van der Waals surface area contributed by atoms with Gasteiger partial charge in [-0.25, -0.2) is 13.2 Å². The van der Waals surface area contributed by atoms with E-state index in [-0.39, 0.29) is 24.0 Å². The highest BCUT2D eigenvalue weighted by Gasteiger charge is 2.27. The highest BCUT2D eigenvalue weighted by atomic mass is 32.2. The van der Waals surface area contributed by atoms with E-state index in [2.05, 4.69) is 10.6 Å². The second kappa shape index (κ2) is 6.92. The quantitative estimate of drug-likeness (QED) is 0.672. The average molecular weight is 306 g/mol. The number of amides is 2. The third kappa shape index (κ3) is 5.36. The third-order valence-corrected chi connectivity index (χ3v) is 5.22. The summed E-state index contributed by atoms with van der Waals surface area (Å²) in [4.78, 5) is 22.6. The molecule has 8 heteroatoms. The summed E-state index contributed by atoms with van der Waals surface area (Å²) in [6, 6.07) is -0.907. The minimum absolute atomic E-state index is 0.0261. The Hall–Kier alpha value is -1.31. The zero-order chi connectivity index (χ0) is 15.3. The normalized spacial score (nSPS) is 23.1. The van der Waals surface area contributed by atoms with Gasteiger partial charge in [-0.2, -0.15) is 0 Å². The molecule has 7 nitrogen and oxygen atoms in total. The van der Waals surface area contributed by atoms with Crippen LogP contribution in [0, 0.1) is 11.8 Å². The Bertz CT molecular complexity index is 460. The first-order valence-corrected chi connectivity index (χ1v) is 8.51. The van der Waals surface area contributed by atoms with Crippen molar-refractivity contribution in [2.45, 2.75) is 32.7 Å². The van der Waals surface area contributed by atoms with Crippen molar-refractivity contribution < 1.29 is 23.1 Å². The van der Waals surface area contributed by atoms with Gasteiger partial charge in [0.2, 0.25) is 0 Å². The van der Waals surface area contributed by atoms with Gasteiger partial charge in [-0.1, -0.05) is 13.8 Å². The predicted octanol–water partition coefficient (Wildman–Crippen LogP) is 0.220. The van der Waals surface area contributed by atoms with Crippen LogP contribution in [0.2, 0.25) is 0 Å². The molecule has 1 rings (SSSR count). The second-order valence-corrected chi connectivity index (χ2v) is 7.73. The summed E-state index contributed by atoms with van der Waals surface area (Å²) in [5.41, 5.74) is 0. The Morgan fingerprint density at radius 3 is 2.50 bits per heavy atom. The van der Waals surface area contributed by atoms with E-state index in [1.807, 2.05) is 0 Å². The minimum atomic E-state index is -3.07. The molecule has 0 bridgehead atoms. The molecule has 0 aromatic rings. The molecular formula is C12H22N2O5S. The summed E-state index contributed by atoms with van der Waals surface area (Å²) in [6.07, 6.45) is 1.16. The van der Waals surface area contributed by atoms with Crippen LogP contribution < -0.4 is 10.6 Å². The molecule has 0 aromatic heterocycles. The maximum Gasteiger partial charge on any atom is 0.315 e. The van der Waals surface area contributed by atoms with Gasteiger partial charge in [0.25, 0.3) is 0 Å². The molecule has 116 valence electrons. The lowest BCUT2D eigenvalue weighted by atomic mass is 9.96. The van der Waals surface area contributed by atoms with Crippen LogP contribution in [0.1, 0.15) is 26.7 Å². The molecule has 0 spiro atoms. The van der Waals surface area contributed by atoms with Crippen LogP contribution in [0.4, 0.5) is 4.79 Å². The van der Waals surface area contributed by atoms with Crippen LogP contribution in [0.5, 0.6) is 0 Å². The summed E-state index contributed by atoms with van der Waals surface area (Å²) in [5.74, 6) is -1.59. The first kappa shape index (κ1) is 16.7. The number of aliphatic carboxylic acids is 1. The van der Waals surface area contributed by atoms with Crippen molar-refractivity contribution in [3.8, 4) is 0 Å². The van der Waals surface area contributed by atoms with Gasteiger partial charge in [0.1, 0.15) is 0 Å². The number of sulfone groups is 1. The number of carboxylic acid groups (broad SMARTS) is 1. The molecule has 2 amide bonds. The Balaban J connectivity index is 2.42. The van der Waals surface area contributed by atoms with E-state index >= 15 is 0 Å². The molecule has 20 heavy (non-hydrogen) atoms. The van der Waals surface area contributed by atoms with Crippen molar-refractivity contribution in [3.63, 3.8) is 0 Å². The van der Waals surface area contributed by atoms with Crippen LogP contribution in [0.15, 0.2) is 0 Å². The smallest absolute Gasteiger partial charge is 0.315 e. The van der Waals surface area contributed by atoms with Gasteiger partial charge in [0.05, 0.1) is 17.4 Å². The van der Waals surface area contributed by atoms with Gasteiger partial charge >= 0.3 is 12.0 Å². The zero-order valence-electron chi connectivity index (χ0n) is 11.8. The van der Waals surface area contributed by atoms with E-state index in [1.165, 1.54) is 0 Å². The lowest BCUT2D eigenvalue weighted by molar-refractivity contribution is -0.142. The number of rotatable bonds is 5. The molecule has 0 radical (unpaired) electrons. The Morgan fingerprint density at radius 1 is 1.35 bits per heavy atom. The van der Waals surface area contributed by atoms with Crippen LogP contribution in [-0.2, 0) is 14.6 Å². The topological polar surface area (TPSA) is 113 Å². The molecule has 2 atom stereocenters. The lowest BCUT2D eigenvalue weighted by Gasteiger charge is -2.24. The van der Waals surface area contributed by atoms with Crippen molar-refractivity contribution in [2.75, 3.05) is 18.1 Å². The average Bonchev–Trinajstić information content (AvgIpc) is 2.26. The predicted molar refractivity (Wildman–Crippen MR) is 74.2 cm³/mol. The Labute approximate surface area is 119 Å². The monoisotopic (exact) mass is 306 g/mol. The molecule has 0 aromatic carbocycles.